The molecule has 0 spiro atoms. The molecule has 0 unspecified atom stereocenters. The molecule has 0 saturated heterocycles. The summed E-state index contributed by atoms with van der Waals surface area (Å²) in [5, 5.41) is 2.72. The lowest BCUT2D eigenvalue weighted by molar-refractivity contribution is -0.116. The van der Waals surface area contributed by atoms with Crippen LogP contribution >= 0.6 is 11.6 Å². The first-order valence-corrected chi connectivity index (χ1v) is 9.33. The molecule has 1 N–H and O–H groups in total. The number of hydrogen-bond donors (Lipinski definition) is 1. The molecule has 0 aromatic heterocycles. The molecule has 162 valence electrons. The molecule has 2 amide bonds. The predicted molar refractivity (Wildman–Crippen MR) is 102 cm³/mol. The molecule has 0 fully saturated rings. The number of nitrogens with zero attached hydrogens (tertiary/aromatic N) is 1. The van der Waals surface area contributed by atoms with E-state index in [2.05, 4.69) is 5.32 Å². The standard InChI is InChI=1S/C20H18ClF5N2O2/c1-3-4-8-28(9-12(29)27-19-10(2)6-5-7-11(19)21)20(30)13-14(22)16(24)18(26)17(25)15(13)23/h5-7H,3-4,8-9H2,1-2H3,(H,27,29). The fourth-order valence-corrected chi connectivity index (χ4v) is 2.96. The van der Waals surface area contributed by atoms with Crippen molar-refractivity contribution in [3.05, 3.63) is 63.4 Å². The minimum absolute atomic E-state index is 0.135. The van der Waals surface area contributed by atoms with Crippen molar-refractivity contribution >= 4 is 29.1 Å². The van der Waals surface area contributed by atoms with Crippen LogP contribution in [-0.4, -0.2) is 29.8 Å². The zero-order valence-electron chi connectivity index (χ0n) is 16.1. The quantitative estimate of drug-likeness (QED) is 0.358. The lowest BCUT2D eigenvalue weighted by atomic mass is 10.1. The van der Waals surface area contributed by atoms with Crippen molar-refractivity contribution in [3.8, 4) is 0 Å². The van der Waals surface area contributed by atoms with Gasteiger partial charge in [-0.15, -0.1) is 0 Å². The summed E-state index contributed by atoms with van der Waals surface area (Å²) in [6, 6.07) is 4.86. The van der Waals surface area contributed by atoms with Gasteiger partial charge in [-0.1, -0.05) is 37.1 Å². The minimum atomic E-state index is -2.37. The minimum Gasteiger partial charge on any atom is -0.329 e. The van der Waals surface area contributed by atoms with E-state index in [1.54, 1.807) is 26.0 Å². The third kappa shape index (κ3) is 4.89. The van der Waals surface area contributed by atoms with Gasteiger partial charge in [-0.05, 0) is 25.0 Å². The van der Waals surface area contributed by atoms with Gasteiger partial charge < -0.3 is 10.2 Å². The number of carbonyl (C=O) groups excluding carboxylic acids is 2. The van der Waals surface area contributed by atoms with Crippen molar-refractivity contribution in [3.63, 3.8) is 0 Å². The summed E-state index contributed by atoms with van der Waals surface area (Å²) >= 11 is 6.03. The van der Waals surface area contributed by atoms with Crippen molar-refractivity contribution in [1.29, 1.82) is 0 Å². The number of amides is 2. The Bertz CT molecular complexity index is 935. The van der Waals surface area contributed by atoms with Crippen molar-refractivity contribution in [2.75, 3.05) is 18.4 Å². The van der Waals surface area contributed by atoms with E-state index in [1.807, 2.05) is 0 Å². The molecular weight excluding hydrogens is 431 g/mol. The van der Waals surface area contributed by atoms with Gasteiger partial charge in [-0.2, -0.15) is 0 Å². The summed E-state index contributed by atoms with van der Waals surface area (Å²) < 4.78 is 68.3. The summed E-state index contributed by atoms with van der Waals surface area (Å²) in [4.78, 5) is 25.8. The van der Waals surface area contributed by atoms with Crippen LogP contribution in [0.5, 0.6) is 0 Å². The zero-order chi connectivity index (χ0) is 22.6. The van der Waals surface area contributed by atoms with Crippen molar-refractivity contribution in [1.82, 2.24) is 4.90 Å². The van der Waals surface area contributed by atoms with E-state index in [4.69, 9.17) is 11.6 Å². The van der Waals surface area contributed by atoms with Gasteiger partial charge in [0.05, 0.1) is 10.7 Å². The van der Waals surface area contributed by atoms with Gasteiger partial charge >= 0.3 is 0 Å². The topological polar surface area (TPSA) is 49.4 Å². The maximum absolute atomic E-state index is 14.0. The molecule has 0 aliphatic carbocycles. The molecule has 2 aromatic rings. The highest BCUT2D eigenvalue weighted by Crippen LogP contribution is 2.26. The number of halogens is 6. The predicted octanol–water partition coefficient (Wildman–Crippen LogP) is 5.22. The van der Waals surface area contributed by atoms with Gasteiger partial charge in [0.1, 0.15) is 12.1 Å². The van der Waals surface area contributed by atoms with E-state index in [9.17, 15) is 31.5 Å². The highest BCUT2D eigenvalue weighted by Gasteiger charge is 2.32. The Hall–Kier alpha value is -2.68. The fraction of sp³-hybridized carbons (Fsp3) is 0.300. The van der Waals surface area contributed by atoms with Gasteiger partial charge in [-0.25, -0.2) is 22.0 Å². The van der Waals surface area contributed by atoms with Gasteiger partial charge in [0.15, 0.2) is 23.3 Å². The Morgan fingerprint density at radius 3 is 2.10 bits per heavy atom. The normalized spacial score (nSPS) is 10.8. The van der Waals surface area contributed by atoms with Gasteiger partial charge in [0, 0.05) is 6.54 Å². The summed E-state index contributed by atoms with van der Waals surface area (Å²) in [7, 11) is 0. The molecule has 30 heavy (non-hydrogen) atoms. The van der Waals surface area contributed by atoms with Crippen LogP contribution in [0.2, 0.25) is 5.02 Å². The first kappa shape index (κ1) is 23.6. The molecule has 0 heterocycles. The third-order valence-corrected chi connectivity index (χ3v) is 4.63. The van der Waals surface area contributed by atoms with Crippen molar-refractivity contribution in [2.45, 2.75) is 26.7 Å². The van der Waals surface area contributed by atoms with Crippen molar-refractivity contribution < 1.29 is 31.5 Å². The SMILES string of the molecule is CCCCN(CC(=O)Nc1c(C)cccc1Cl)C(=O)c1c(F)c(F)c(F)c(F)c1F. The molecule has 4 nitrogen and oxygen atoms in total. The molecule has 2 aromatic carbocycles. The van der Waals surface area contributed by atoms with Crippen LogP contribution in [0, 0.1) is 36.0 Å². The zero-order valence-corrected chi connectivity index (χ0v) is 16.8. The maximum Gasteiger partial charge on any atom is 0.260 e. The molecule has 0 radical (unpaired) electrons. The highest BCUT2D eigenvalue weighted by molar-refractivity contribution is 6.34. The lowest BCUT2D eigenvalue weighted by Gasteiger charge is -2.23. The van der Waals surface area contributed by atoms with E-state index < -0.39 is 53.0 Å². The fourth-order valence-electron chi connectivity index (χ4n) is 2.69. The van der Waals surface area contributed by atoms with Crippen LogP contribution < -0.4 is 5.32 Å². The van der Waals surface area contributed by atoms with E-state index in [-0.39, 0.29) is 17.3 Å². The second-order valence-corrected chi connectivity index (χ2v) is 6.91. The maximum atomic E-state index is 14.0. The van der Waals surface area contributed by atoms with Gasteiger partial charge in [-0.3, -0.25) is 9.59 Å². The number of benzene rings is 2. The summed E-state index contributed by atoms with van der Waals surface area (Å²) in [6.07, 6.45) is 0.881. The summed E-state index contributed by atoms with van der Waals surface area (Å²) in [5.74, 6) is -13.6. The molecule has 0 saturated carbocycles. The number of hydrogen-bond acceptors (Lipinski definition) is 2. The molecular formula is C20H18ClF5N2O2. The van der Waals surface area contributed by atoms with Crippen LogP contribution in [0.25, 0.3) is 0 Å². The first-order chi connectivity index (χ1) is 14.1. The van der Waals surface area contributed by atoms with Gasteiger partial charge in [0.25, 0.3) is 5.91 Å². The third-order valence-electron chi connectivity index (χ3n) is 4.31. The lowest BCUT2D eigenvalue weighted by Crippen LogP contribution is -2.40. The Labute approximate surface area is 174 Å². The van der Waals surface area contributed by atoms with Crippen LogP contribution in [-0.2, 0) is 4.79 Å². The molecule has 0 atom stereocenters. The largest absolute Gasteiger partial charge is 0.329 e. The smallest absolute Gasteiger partial charge is 0.260 e. The molecule has 0 aliphatic heterocycles. The highest BCUT2D eigenvalue weighted by atomic mass is 35.5. The first-order valence-electron chi connectivity index (χ1n) is 8.95. The molecule has 0 bridgehead atoms. The second-order valence-electron chi connectivity index (χ2n) is 6.51. The van der Waals surface area contributed by atoms with Gasteiger partial charge in [0.2, 0.25) is 11.7 Å². The Morgan fingerprint density at radius 2 is 1.57 bits per heavy atom. The number of rotatable bonds is 7. The van der Waals surface area contributed by atoms with Crippen LogP contribution in [0.1, 0.15) is 35.7 Å². The monoisotopic (exact) mass is 448 g/mol. The average Bonchev–Trinajstić information content (AvgIpc) is 2.71. The van der Waals surface area contributed by atoms with E-state index in [0.717, 1.165) is 4.90 Å². The number of aryl methyl sites for hydroxylation is 1. The van der Waals surface area contributed by atoms with E-state index in [1.165, 1.54) is 6.07 Å². The summed E-state index contributed by atoms with van der Waals surface area (Å²) in [6.45, 7) is 2.62. The Kier molecular flexibility index (Phi) is 7.77. The van der Waals surface area contributed by atoms with E-state index >= 15 is 0 Å². The average molecular weight is 449 g/mol. The second kappa shape index (κ2) is 9.88. The number of unbranched alkanes of at least 4 members (excludes halogenated alkanes) is 1. The number of anilines is 1. The Balaban J connectivity index is 2.34. The number of para-hydroxylation sites is 1. The van der Waals surface area contributed by atoms with Crippen LogP contribution in [0.4, 0.5) is 27.6 Å². The van der Waals surface area contributed by atoms with Crippen LogP contribution in [0.3, 0.4) is 0 Å². The van der Waals surface area contributed by atoms with Crippen molar-refractivity contribution in [2.24, 2.45) is 0 Å². The number of carbonyl (C=O) groups is 2. The Morgan fingerprint density at radius 1 is 1.00 bits per heavy atom. The number of nitrogens with one attached hydrogen (secondary N) is 1. The van der Waals surface area contributed by atoms with Crippen LogP contribution in [0.15, 0.2) is 18.2 Å². The molecule has 0 aliphatic rings. The molecule has 2 rings (SSSR count). The summed E-state index contributed by atoms with van der Waals surface area (Å²) in [5.41, 5.74) is -0.699. The molecule has 10 heteroatoms. The van der Waals surface area contributed by atoms with E-state index in [0.29, 0.717) is 18.4 Å².